The highest BCUT2D eigenvalue weighted by molar-refractivity contribution is 6.34. The Balaban J connectivity index is 1.73. The molecule has 0 aliphatic carbocycles. The second-order valence-corrected chi connectivity index (χ2v) is 6.36. The van der Waals surface area contributed by atoms with Gasteiger partial charge in [-0.2, -0.15) is 5.10 Å². The molecule has 25 heavy (non-hydrogen) atoms. The van der Waals surface area contributed by atoms with E-state index in [0.717, 1.165) is 37.3 Å². The predicted octanol–water partition coefficient (Wildman–Crippen LogP) is 2.35. The van der Waals surface area contributed by atoms with Gasteiger partial charge in [0.2, 0.25) is 0 Å². The molecule has 0 unspecified atom stereocenters. The summed E-state index contributed by atoms with van der Waals surface area (Å²) in [6.45, 7) is 4.31. The van der Waals surface area contributed by atoms with E-state index in [1.807, 2.05) is 19.1 Å². The first-order valence-corrected chi connectivity index (χ1v) is 8.78. The van der Waals surface area contributed by atoms with Crippen LogP contribution >= 0.6 is 11.6 Å². The number of morpholine rings is 1. The Morgan fingerprint density at radius 2 is 2.32 bits per heavy atom. The van der Waals surface area contributed by atoms with E-state index in [1.54, 1.807) is 13.2 Å². The van der Waals surface area contributed by atoms with Gasteiger partial charge in [-0.15, -0.1) is 0 Å². The van der Waals surface area contributed by atoms with Gasteiger partial charge in [-0.05, 0) is 18.6 Å². The third kappa shape index (κ3) is 3.84. The van der Waals surface area contributed by atoms with Crippen LogP contribution in [0.1, 0.15) is 41.3 Å². The van der Waals surface area contributed by atoms with E-state index in [-0.39, 0.29) is 17.7 Å². The Labute approximate surface area is 151 Å². The molecular formula is C17H22ClN5O2. The first-order valence-electron chi connectivity index (χ1n) is 8.40. The molecule has 7 nitrogen and oxygen atoms in total. The van der Waals surface area contributed by atoms with E-state index in [2.05, 4.69) is 20.5 Å². The van der Waals surface area contributed by atoms with Crippen molar-refractivity contribution < 1.29 is 9.53 Å². The molecule has 3 rings (SSSR count). The average Bonchev–Trinajstić information content (AvgIpc) is 3.02. The number of halogens is 1. The Hall–Kier alpha value is -1.96. The summed E-state index contributed by atoms with van der Waals surface area (Å²) in [5.74, 6) is -0.270. The molecule has 2 N–H and O–H groups in total. The number of hydrogen-bond acceptors (Lipinski definition) is 5. The van der Waals surface area contributed by atoms with Crippen LogP contribution in [0.4, 0.5) is 5.69 Å². The number of hydrogen-bond donors (Lipinski definition) is 2. The summed E-state index contributed by atoms with van der Waals surface area (Å²) in [5, 5.41) is 10.6. The van der Waals surface area contributed by atoms with Gasteiger partial charge in [-0.25, -0.2) is 0 Å². The molecule has 1 amide bonds. The highest BCUT2D eigenvalue weighted by Crippen LogP contribution is 2.24. The minimum atomic E-state index is -0.270. The molecule has 134 valence electrons. The number of aryl methyl sites for hydroxylation is 1. The first kappa shape index (κ1) is 17.8. The number of amides is 1. The van der Waals surface area contributed by atoms with Crippen LogP contribution in [0.15, 0.2) is 18.3 Å². The highest BCUT2D eigenvalue weighted by Gasteiger charge is 2.23. The molecular weight excluding hydrogens is 342 g/mol. The molecule has 1 fully saturated rings. The Kier molecular flexibility index (Phi) is 5.67. The third-order valence-electron chi connectivity index (χ3n) is 4.20. The summed E-state index contributed by atoms with van der Waals surface area (Å²) >= 11 is 6.28. The van der Waals surface area contributed by atoms with Crippen LogP contribution in [0, 0.1) is 0 Å². The summed E-state index contributed by atoms with van der Waals surface area (Å²) in [4.78, 5) is 18.6. The second kappa shape index (κ2) is 7.95. The molecule has 1 aliphatic heterocycles. The number of nitrogens with zero attached hydrogens (tertiary/aromatic N) is 3. The van der Waals surface area contributed by atoms with E-state index >= 15 is 0 Å². The maximum atomic E-state index is 12.7. The summed E-state index contributed by atoms with van der Waals surface area (Å²) in [6.07, 6.45) is 3.29. The number of ether oxygens (including phenoxy) is 1. The Morgan fingerprint density at radius 3 is 2.96 bits per heavy atom. The third-order valence-corrected chi connectivity index (χ3v) is 4.61. The molecule has 0 saturated carbocycles. The summed E-state index contributed by atoms with van der Waals surface area (Å²) in [5.41, 5.74) is 2.54. The van der Waals surface area contributed by atoms with Gasteiger partial charge in [0.1, 0.15) is 6.10 Å². The van der Waals surface area contributed by atoms with E-state index in [9.17, 15) is 4.79 Å². The number of aromatic amines is 1. The lowest BCUT2D eigenvalue weighted by Crippen LogP contribution is -2.33. The molecule has 2 aromatic heterocycles. The number of carbonyl (C=O) groups excluding carboxylic acids is 1. The molecule has 0 bridgehead atoms. The Morgan fingerprint density at radius 1 is 1.48 bits per heavy atom. The van der Waals surface area contributed by atoms with Crippen LogP contribution in [0.3, 0.4) is 0 Å². The molecule has 3 heterocycles. The first-order chi connectivity index (χ1) is 12.1. The largest absolute Gasteiger partial charge is 0.369 e. The molecule has 0 radical (unpaired) electrons. The highest BCUT2D eigenvalue weighted by atomic mass is 35.5. The molecule has 1 saturated heterocycles. The van der Waals surface area contributed by atoms with Crippen LogP contribution < -0.4 is 10.2 Å². The van der Waals surface area contributed by atoms with Crippen LogP contribution in [-0.2, 0) is 11.2 Å². The van der Waals surface area contributed by atoms with Crippen molar-refractivity contribution >= 4 is 23.2 Å². The van der Waals surface area contributed by atoms with E-state index in [4.69, 9.17) is 16.3 Å². The summed E-state index contributed by atoms with van der Waals surface area (Å²) in [7, 11) is 1.68. The molecule has 8 heteroatoms. The Bertz CT molecular complexity index is 725. The molecule has 1 aliphatic rings. The minimum Gasteiger partial charge on any atom is -0.369 e. The van der Waals surface area contributed by atoms with Gasteiger partial charge < -0.3 is 15.0 Å². The minimum absolute atomic E-state index is 0.0544. The van der Waals surface area contributed by atoms with Crippen molar-refractivity contribution in [2.45, 2.75) is 25.9 Å². The van der Waals surface area contributed by atoms with Gasteiger partial charge in [-0.1, -0.05) is 24.9 Å². The molecule has 1 atom stereocenters. The van der Waals surface area contributed by atoms with Crippen LogP contribution in [0.5, 0.6) is 0 Å². The predicted molar refractivity (Wildman–Crippen MR) is 96.1 cm³/mol. The fourth-order valence-electron chi connectivity index (χ4n) is 2.74. The fraction of sp³-hybridized carbons (Fsp3) is 0.471. The fourth-order valence-corrected chi connectivity index (χ4v) is 3.00. The number of aromatic nitrogens is 3. The zero-order valence-corrected chi connectivity index (χ0v) is 15.1. The van der Waals surface area contributed by atoms with Crippen molar-refractivity contribution in [3.63, 3.8) is 0 Å². The van der Waals surface area contributed by atoms with Crippen molar-refractivity contribution in [1.82, 2.24) is 20.5 Å². The van der Waals surface area contributed by atoms with Gasteiger partial charge >= 0.3 is 0 Å². The number of anilines is 1. The van der Waals surface area contributed by atoms with E-state index < -0.39 is 0 Å². The van der Waals surface area contributed by atoms with Crippen LogP contribution in [0.25, 0.3) is 0 Å². The standard InChI is InChI=1S/C17H22ClN5O2/c1-3-4-13-15(18)16(22-21-13)17(24)23(2)11-5-6-12(20-9-11)14-10-19-7-8-25-14/h5-6,9,14,19H,3-4,7-8,10H2,1-2H3,(H,21,22)/t14-/m0/s1. The smallest absolute Gasteiger partial charge is 0.280 e. The van der Waals surface area contributed by atoms with Crippen molar-refractivity contribution in [2.75, 3.05) is 31.6 Å². The average molecular weight is 364 g/mol. The lowest BCUT2D eigenvalue weighted by molar-refractivity contribution is 0.0250. The van der Waals surface area contributed by atoms with Gasteiger partial charge in [0, 0.05) is 20.1 Å². The monoisotopic (exact) mass is 363 g/mol. The number of pyridine rings is 1. The zero-order valence-electron chi connectivity index (χ0n) is 14.4. The summed E-state index contributed by atoms with van der Waals surface area (Å²) < 4.78 is 5.69. The van der Waals surface area contributed by atoms with Crippen molar-refractivity contribution in [3.05, 3.63) is 40.4 Å². The number of rotatable bonds is 5. The number of carbonyl (C=O) groups is 1. The number of H-pyrrole nitrogens is 1. The van der Waals surface area contributed by atoms with E-state index in [1.165, 1.54) is 4.90 Å². The lowest BCUT2D eigenvalue weighted by atomic mass is 10.2. The van der Waals surface area contributed by atoms with Crippen LogP contribution in [-0.4, -0.2) is 47.8 Å². The molecule has 0 aromatic carbocycles. The number of nitrogens with one attached hydrogen (secondary N) is 2. The molecule has 0 spiro atoms. The quantitative estimate of drug-likeness (QED) is 0.852. The normalized spacial score (nSPS) is 17.5. The SMILES string of the molecule is CCCc1[nH]nc(C(=O)N(C)c2ccc([C@@H]3CNCCO3)nc2)c1Cl. The maximum absolute atomic E-state index is 12.7. The van der Waals surface area contributed by atoms with Crippen LogP contribution in [0.2, 0.25) is 5.02 Å². The maximum Gasteiger partial charge on any atom is 0.280 e. The van der Waals surface area contributed by atoms with Crippen molar-refractivity contribution in [3.8, 4) is 0 Å². The van der Waals surface area contributed by atoms with Gasteiger partial charge in [0.15, 0.2) is 5.69 Å². The summed E-state index contributed by atoms with van der Waals surface area (Å²) in [6, 6.07) is 3.73. The molecule has 2 aromatic rings. The van der Waals surface area contributed by atoms with Gasteiger partial charge in [0.25, 0.3) is 5.91 Å². The second-order valence-electron chi connectivity index (χ2n) is 5.98. The van der Waals surface area contributed by atoms with E-state index in [0.29, 0.717) is 17.3 Å². The van der Waals surface area contributed by atoms with Crippen molar-refractivity contribution in [2.24, 2.45) is 0 Å². The lowest BCUT2D eigenvalue weighted by Gasteiger charge is -2.23. The van der Waals surface area contributed by atoms with Gasteiger partial charge in [-0.3, -0.25) is 14.9 Å². The zero-order chi connectivity index (χ0) is 17.8. The van der Waals surface area contributed by atoms with Crippen molar-refractivity contribution in [1.29, 1.82) is 0 Å². The van der Waals surface area contributed by atoms with Gasteiger partial charge in [0.05, 0.1) is 34.9 Å². The topological polar surface area (TPSA) is 83.1 Å².